The Kier molecular flexibility index (Phi) is 6.67. The highest BCUT2D eigenvalue weighted by molar-refractivity contribution is 9.10. The molecular formula is C12H18BrClN2O2. The van der Waals surface area contributed by atoms with Crippen molar-refractivity contribution < 1.29 is 9.53 Å². The molecule has 0 bridgehead atoms. The molecule has 0 aliphatic heterocycles. The van der Waals surface area contributed by atoms with E-state index in [0.717, 1.165) is 4.47 Å². The molecule has 0 saturated heterocycles. The van der Waals surface area contributed by atoms with Gasteiger partial charge in [-0.15, -0.1) is 12.4 Å². The Hall–Kier alpha value is -0.780. The average Bonchev–Trinajstić information content (AvgIpc) is 2.26. The lowest BCUT2D eigenvalue weighted by Gasteiger charge is -2.23. The topological polar surface area (TPSA) is 64.3 Å². The van der Waals surface area contributed by atoms with Crippen molar-refractivity contribution in [1.29, 1.82) is 0 Å². The number of nitrogen functional groups attached to an aromatic ring is 1. The molecule has 0 heterocycles. The molecule has 0 atom stereocenters. The van der Waals surface area contributed by atoms with Crippen LogP contribution in [-0.4, -0.2) is 25.2 Å². The summed E-state index contributed by atoms with van der Waals surface area (Å²) in [6, 6.07) is 5.18. The lowest BCUT2D eigenvalue weighted by Crippen LogP contribution is -2.39. The van der Waals surface area contributed by atoms with Gasteiger partial charge in [0, 0.05) is 23.8 Å². The maximum atomic E-state index is 11.9. The average molecular weight is 338 g/mol. The first kappa shape index (κ1) is 17.2. The summed E-state index contributed by atoms with van der Waals surface area (Å²) in [7, 11) is 1.61. The van der Waals surface area contributed by atoms with Crippen LogP contribution in [0.2, 0.25) is 0 Å². The number of hydrogen-bond donors (Lipinski definition) is 2. The number of halogens is 2. The Balaban J connectivity index is 0.00000289. The van der Waals surface area contributed by atoms with Crippen molar-refractivity contribution in [1.82, 2.24) is 5.32 Å². The van der Waals surface area contributed by atoms with Crippen molar-refractivity contribution in [2.24, 2.45) is 0 Å². The Bertz CT molecular complexity index is 425. The number of hydrogen-bond acceptors (Lipinski definition) is 3. The summed E-state index contributed by atoms with van der Waals surface area (Å²) in [5.74, 6) is -0.194. The van der Waals surface area contributed by atoms with Crippen molar-refractivity contribution >= 4 is 39.9 Å². The molecule has 6 heteroatoms. The predicted octanol–water partition coefficient (Wildman–Crippen LogP) is 2.61. The Morgan fingerprint density at radius 3 is 2.61 bits per heavy atom. The molecule has 0 aliphatic carbocycles. The first-order valence-electron chi connectivity index (χ1n) is 5.24. The van der Waals surface area contributed by atoms with Crippen molar-refractivity contribution in [3.63, 3.8) is 0 Å². The highest BCUT2D eigenvalue weighted by Gasteiger charge is 2.18. The van der Waals surface area contributed by atoms with Gasteiger partial charge in [0.2, 0.25) is 0 Å². The fourth-order valence-corrected chi connectivity index (χ4v) is 1.58. The van der Waals surface area contributed by atoms with E-state index in [9.17, 15) is 4.79 Å². The summed E-state index contributed by atoms with van der Waals surface area (Å²) >= 11 is 3.30. The Morgan fingerprint density at radius 1 is 1.50 bits per heavy atom. The molecule has 0 radical (unpaired) electrons. The third-order valence-corrected chi connectivity index (χ3v) is 2.98. The van der Waals surface area contributed by atoms with E-state index in [2.05, 4.69) is 21.2 Å². The zero-order valence-corrected chi connectivity index (χ0v) is 13.0. The van der Waals surface area contributed by atoms with Gasteiger partial charge < -0.3 is 15.8 Å². The fourth-order valence-electron chi connectivity index (χ4n) is 1.20. The number of carbonyl (C=O) groups excluding carboxylic acids is 1. The van der Waals surface area contributed by atoms with Crippen LogP contribution in [0.1, 0.15) is 24.2 Å². The minimum Gasteiger partial charge on any atom is -0.398 e. The van der Waals surface area contributed by atoms with Crippen LogP contribution in [0, 0.1) is 0 Å². The van der Waals surface area contributed by atoms with E-state index >= 15 is 0 Å². The molecule has 102 valence electrons. The van der Waals surface area contributed by atoms with Gasteiger partial charge in [-0.3, -0.25) is 4.79 Å². The number of ether oxygens (including phenoxy) is 1. The Labute approximate surface area is 122 Å². The summed E-state index contributed by atoms with van der Waals surface area (Å²) < 4.78 is 6.07. The second-order valence-corrected chi connectivity index (χ2v) is 5.29. The normalized spacial score (nSPS) is 10.7. The van der Waals surface area contributed by atoms with Crippen molar-refractivity contribution in [3.8, 4) is 0 Å². The molecule has 3 N–H and O–H groups in total. The van der Waals surface area contributed by atoms with Gasteiger partial charge in [0.25, 0.3) is 5.91 Å². The predicted molar refractivity (Wildman–Crippen MR) is 79.2 cm³/mol. The summed E-state index contributed by atoms with van der Waals surface area (Å²) in [5.41, 5.74) is 6.31. The van der Waals surface area contributed by atoms with E-state index in [4.69, 9.17) is 10.5 Å². The van der Waals surface area contributed by atoms with Crippen LogP contribution in [0.5, 0.6) is 0 Å². The Morgan fingerprint density at radius 2 is 2.11 bits per heavy atom. The minimum absolute atomic E-state index is 0. The van der Waals surface area contributed by atoms with Gasteiger partial charge in [0.15, 0.2) is 0 Å². The summed E-state index contributed by atoms with van der Waals surface area (Å²) in [6.45, 7) is 4.23. The van der Waals surface area contributed by atoms with Crippen LogP contribution in [-0.2, 0) is 4.74 Å². The van der Waals surface area contributed by atoms with Crippen molar-refractivity contribution in [2.45, 2.75) is 19.4 Å². The number of amides is 1. The van der Waals surface area contributed by atoms with Gasteiger partial charge >= 0.3 is 0 Å². The molecule has 0 spiro atoms. The zero-order valence-electron chi connectivity index (χ0n) is 10.6. The SMILES string of the molecule is COC(C)(C)CNC(=O)c1ccc(Br)cc1N.Cl. The maximum absolute atomic E-state index is 11.9. The highest BCUT2D eigenvalue weighted by atomic mass is 79.9. The van der Waals surface area contributed by atoms with E-state index in [0.29, 0.717) is 17.8 Å². The summed E-state index contributed by atoms with van der Waals surface area (Å²) in [6.07, 6.45) is 0. The first-order valence-corrected chi connectivity index (χ1v) is 6.03. The third kappa shape index (κ3) is 4.84. The van der Waals surface area contributed by atoms with Crippen molar-refractivity contribution in [3.05, 3.63) is 28.2 Å². The van der Waals surface area contributed by atoms with Gasteiger partial charge in [0.1, 0.15) is 0 Å². The van der Waals surface area contributed by atoms with Gasteiger partial charge in [-0.05, 0) is 32.0 Å². The largest absolute Gasteiger partial charge is 0.398 e. The number of rotatable bonds is 4. The number of benzene rings is 1. The lowest BCUT2D eigenvalue weighted by molar-refractivity contribution is 0.0229. The van der Waals surface area contributed by atoms with Crippen LogP contribution in [0.4, 0.5) is 5.69 Å². The molecule has 4 nitrogen and oxygen atoms in total. The number of nitrogens with two attached hydrogens (primary N) is 1. The molecule has 0 unspecified atom stereocenters. The molecule has 1 aromatic rings. The number of carbonyl (C=O) groups is 1. The molecular weight excluding hydrogens is 320 g/mol. The molecule has 1 aromatic carbocycles. The molecule has 18 heavy (non-hydrogen) atoms. The number of nitrogens with one attached hydrogen (secondary N) is 1. The van der Waals surface area contributed by atoms with Crippen LogP contribution >= 0.6 is 28.3 Å². The minimum atomic E-state index is -0.389. The third-order valence-electron chi connectivity index (χ3n) is 2.49. The lowest BCUT2D eigenvalue weighted by atomic mass is 10.1. The number of methoxy groups -OCH3 is 1. The fraction of sp³-hybridized carbons (Fsp3) is 0.417. The zero-order chi connectivity index (χ0) is 13.1. The van der Waals surface area contributed by atoms with Gasteiger partial charge in [-0.2, -0.15) is 0 Å². The number of anilines is 1. The molecule has 1 amide bonds. The maximum Gasteiger partial charge on any atom is 0.253 e. The van der Waals surface area contributed by atoms with Crippen LogP contribution in [0.15, 0.2) is 22.7 Å². The summed E-state index contributed by atoms with van der Waals surface area (Å²) in [4.78, 5) is 11.9. The van der Waals surface area contributed by atoms with E-state index in [1.54, 1.807) is 25.3 Å². The highest BCUT2D eigenvalue weighted by Crippen LogP contribution is 2.18. The van der Waals surface area contributed by atoms with Crippen LogP contribution < -0.4 is 11.1 Å². The van der Waals surface area contributed by atoms with E-state index in [1.165, 1.54) is 0 Å². The molecule has 1 rings (SSSR count). The molecule has 0 aromatic heterocycles. The van der Waals surface area contributed by atoms with E-state index < -0.39 is 0 Å². The molecule has 0 saturated carbocycles. The standard InChI is InChI=1S/C12H17BrN2O2.ClH/c1-12(2,17-3)7-15-11(16)9-5-4-8(13)6-10(9)14;/h4-6H,7,14H2,1-3H3,(H,15,16);1H. The smallest absolute Gasteiger partial charge is 0.253 e. The van der Waals surface area contributed by atoms with E-state index in [-0.39, 0.29) is 23.9 Å². The van der Waals surface area contributed by atoms with Gasteiger partial charge in [0.05, 0.1) is 11.2 Å². The quantitative estimate of drug-likeness (QED) is 0.830. The second-order valence-electron chi connectivity index (χ2n) is 4.38. The van der Waals surface area contributed by atoms with Crippen molar-refractivity contribution in [2.75, 3.05) is 19.4 Å². The molecule has 0 aliphatic rings. The van der Waals surface area contributed by atoms with E-state index in [1.807, 2.05) is 13.8 Å². The second kappa shape index (κ2) is 6.97. The monoisotopic (exact) mass is 336 g/mol. The van der Waals surface area contributed by atoms with Gasteiger partial charge in [-0.1, -0.05) is 15.9 Å². The first-order chi connectivity index (χ1) is 7.85. The molecule has 0 fully saturated rings. The van der Waals surface area contributed by atoms with Gasteiger partial charge in [-0.25, -0.2) is 0 Å². The van der Waals surface area contributed by atoms with Crippen LogP contribution in [0.3, 0.4) is 0 Å². The van der Waals surface area contributed by atoms with Crippen LogP contribution in [0.25, 0.3) is 0 Å². The summed E-state index contributed by atoms with van der Waals surface area (Å²) in [5, 5.41) is 2.79.